The summed E-state index contributed by atoms with van der Waals surface area (Å²) in [6, 6.07) is 7.97. The highest BCUT2D eigenvalue weighted by Gasteiger charge is 2.32. The summed E-state index contributed by atoms with van der Waals surface area (Å²) in [5.41, 5.74) is 0.250. The molecule has 0 bridgehead atoms. The highest BCUT2D eigenvalue weighted by molar-refractivity contribution is 7.83. The first-order valence-electron chi connectivity index (χ1n) is 10.9. The minimum Gasteiger partial charge on any atom is -0.423 e. The van der Waals surface area contributed by atoms with Gasteiger partial charge in [0.25, 0.3) is 6.01 Å². The third kappa shape index (κ3) is 7.34. The normalized spacial score (nSPS) is 18.0. The molecule has 2 atom stereocenters. The Morgan fingerprint density at radius 1 is 1.09 bits per heavy atom. The van der Waals surface area contributed by atoms with Gasteiger partial charge in [0, 0.05) is 12.1 Å². The van der Waals surface area contributed by atoms with Crippen LogP contribution in [0.1, 0.15) is 33.3 Å². The second kappa shape index (κ2) is 11.3. The molecular formula is C23H27F3N4O4S. The van der Waals surface area contributed by atoms with E-state index in [0.29, 0.717) is 35.2 Å². The molecule has 4 rings (SSSR count). The average molecular weight is 513 g/mol. The summed E-state index contributed by atoms with van der Waals surface area (Å²) in [6.45, 7) is 8.40. The first-order valence-corrected chi connectivity index (χ1v) is 12.1. The van der Waals surface area contributed by atoms with Crippen molar-refractivity contribution < 1.29 is 31.3 Å². The van der Waals surface area contributed by atoms with E-state index in [9.17, 15) is 17.4 Å². The maximum absolute atomic E-state index is 12.7. The Labute approximate surface area is 203 Å². The quantitative estimate of drug-likeness (QED) is 0.444. The molecule has 0 amide bonds. The molecule has 8 nitrogen and oxygen atoms in total. The fourth-order valence-electron chi connectivity index (χ4n) is 3.08. The van der Waals surface area contributed by atoms with Crippen LogP contribution in [0.25, 0.3) is 11.3 Å². The number of aromatic nitrogens is 2. The van der Waals surface area contributed by atoms with Crippen LogP contribution in [-0.2, 0) is 26.6 Å². The molecule has 1 aromatic carbocycles. The molecule has 0 radical (unpaired) electrons. The second-order valence-electron chi connectivity index (χ2n) is 7.68. The topological polar surface area (TPSA) is 98.5 Å². The van der Waals surface area contributed by atoms with Gasteiger partial charge < -0.3 is 19.2 Å². The van der Waals surface area contributed by atoms with Crippen molar-refractivity contribution in [1.82, 2.24) is 14.7 Å². The second-order valence-corrected chi connectivity index (χ2v) is 8.93. The van der Waals surface area contributed by atoms with E-state index in [2.05, 4.69) is 20.0 Å². The van der Waals surface area contributed by atoms with Crippen molar-refractivity contribution in [3.8, 4) is 11.3 Å². The molecular weight excluding hydrogens is 485 g/mol. The van der Waals surface area contributed by atoms with Crippen molar-refractivity contribution >= 4 is 22.7 Å². The van der Waals surface area contributed by atoms with E-state index in [4.69, 9.17) is 13.9 Å². The van der Waals surface area contributed by atoms with Crippen molar-refractivity contribution in [2.75, 3.05) is 18.5 Å². The smallest absolute Gasteiger partial charge is 0.416 e. The molecule has 1 aliphatic heterocycles. The number of ether oxygens (including phenoxy) is 2. The Balaban J connectivity index is 0.00000167. The highest BCUT2D eigenvalue weighted by atomic mass is 32.2. The lowest BCUT2D eigenvalue weighted by Crippen LogP contribution is -2.31. The molecule has 1 aliphatic rings. The molecule has 190 valence electrons. The number of nitrogens with zero attached hydrogens (tertiary/aromatic N) is 2. The molecule has 0 aliphatic carbocycles. The molecule has 2 N–H and O–H groups in total. The van der Waals surface area contributed by atoms with Gasteiger partial charge in [-0.15, -0.1) is 0 Å². The van der Waals surface area contributed by atoms with E-state index in [0.717, 1.165) is 12.1 Å². The number of pyridine rings is 1. The van der Waals surface area contributed by atoms with Gasteiger partial charge in [-0.3, -0.25) is 0 Å². The summed E-state index contributed by atoms with van der Waals surface area (Å²) < 4.78 is 70.1. The van der Waals surface area contributed by atoms with Crippen molar-refractivity contribution in [2.24, 2.45) is 0 Å². The minimum absolute atomic E-state index is 0.139. The molecule has 1 fully saturated rings. The van der Waals surface area contributed by atoms with Crippen molar-refractivity contribution in [1.29, 1.82) is 0 Å². The van der Waals surface area contributed by atoms with E-state index >= 15 is 0 Å². The maximum atomic E-state index is 12.7. The number of benzene rings is 1. The van der Waals surface area contributed by atoms with Gasteiger partial charge in [-0.2, -0.15) is 13.2 Å². The predicted octanol–water partition coefficient (Wildman–Crippen LogP) is 5.29. The summed E-state index contributed by atoms with van der Waals surface area (Å²) >= 11 is 0. The number of anilines is 2. The zero-order valence-electron chi connectivity index (χ0n) is 19.7. The predicted molar refractivity (Wildman–Crippen MR) is 125 cm³/mol. The SMILES string of the molecule is CC.CC1(C)OCC(CNS(=O)c2ccc(Nc3ncc(-c4ccc(C(F)(F)F)cc4)o3)cn2)O1. The van der Waals surface area contributed by atoms with Crippen LogP contribution in [0.5, 0.6) is 0 Å². The van der Waals surface area contributed by atoms with Crippen LogP contribution in [0.15, 0.2) is 58.2 Å². The van der Waals surface area contributed by atoms with Gasteiger partial charge in [0.2, 0.25) is 0 Å². The fraction of sp³-hybridized carbons (Fsp3) is 0.391. The molecule has 1 saturated heterocycles. The summed E-state index contributed by atoms with van der Waals surface area (Å²) in [6.07, 6.45) is -1.73. The lowest BCUT2D eigenvalue weighted by molar-refractivity contribution is -0.138. The van der Waals surface area contributed by atoms with Gasteiger partial charge in [-0.1, -0.05) is 26.0 Å². The van der Waals surface area contributed by atoms with E-state index in [1.54, 1.807) is 12.1 Å². The number of halogens is 3. The van der Waals surface area contributed by atoms with Crippen LogP contribution in [0.2, 0.25) is 0 Å². The molecule has 3 heterocycles. The van der Waals surface area contributed by atoms with Gasteiger partial charge in [-0.05, 0) is 38.1 Å². The van der Waals surface area contributed by atoms with Crippen molar-refractivity contribution in [3.05, 3.63) is 54.4 Å². The number of hydrogen-bond donors (Lipinski definition) is 2. The number of nitrogens with one attached hydrogen (secondary N) is 2. The molecule has 0 saturated carbocycles. The van der Waals surface area contributed by atoms with Crippen LogP contribution >= 0.6 is 0 Å². The zero-order chi connectivity index (χ0) is 25.6. The maximum Gasteiger partial charge on any atom is 0.416 e. The molecule has 2 aromatic heterocycles. The average Bonchev–Trinajstić information content (AvgIpc) is 3.44. The molecule has 2 unspecified atom stereocenters. The van der Waals surface area contributed by atoms with Crippen LogP contribution in [0.4, 0.5) is 24.9 Å². The number of alkyl halides is 3. The number of rotatable bonds is 7. The fourth-order valence-corrected chi connectivity index (χ4v) is 3.91. The Hall–Kier alpha value is -2.80. The monoisotopic (exact) mass is 512 g/mol. The third-order valence-electron chi connectivity index (χ3n) is 4.69. The molecule has 12 heteroatoms. The zero-order valence-corrected chi connectivity index (χ0v) is 20.5. The number of oxazole rings is 1. The van der Waals surface area contributed by atoms with E-state index in [1.165, 1.54) is 24.5 Å². The lowest BCUT2D eigenvalue weighted by atomic mass is 10.1. The highest BCUT2D eigenvalue weighted by Crippen LogP contribution is 2.31. The Kier molecular flexibility index (Phi) is 8.65. The molecule has 35 heavy (non-hydrogen) atoms. The Bertz CT molecular complexity index is 1120. The summed E-state index contributed by atoms with van der Waals surface area (Å²) in [4.78, 5) is 8.25. The van der Waals surface area contributed by atoms with E-state index in [-0.39, 0.29) is 12.1 Å². The van der Waals surface area contributed by atoms with E-state index < -0.39 is 28.5 Å². The van der Waals surface area contributed by atoms with Crippen LogP contribution in [-0.4, -0.2) is 39.2 Å². The van der Waals surface area contributed by atoms with Gasteiger partial charge >= 0.3 is 6.18 Å². The van der Waals surface area contributed by atoms with Crippen molar-refractivity contribution in [3.63, 3.8) is 0 Å². The summed E-state index contributed by atoms with van der Waals surface area (Å²) in [7, 11) is -1.53. The minimum atomic E-state index is -4.40. The molecule has 3 aromatic rings. The van der Waals surface area contributed by atoms with Crippen LogP contribution in [0, 0.1) is 0 Å². The number of hydrogen-bond acceptors (Lipinski definition) is 7. The first kappa shape index (κ1) is 26.8. The van der Waals surface area contributed by atoms with Gasteiger partial charge in [0.05, 0.1) is 36.4 Å². The first-order chi connectivity index (χ1) is 16.6. The van der Waals surface area contributed by atoms with Crippen LogP contribution < -0.4 is 10.0 Å². The summed E-state index contributed by atoms with van der Waals surface area (Å²) in [5, 5.41) is 3.24. The largest absolute Gasteiger partial charge is 0.423 e. The van der Waals surface area contributed by atoms with Gasteiger partial charge in [-0.25, -0.2) is 18.9 Å². The third-order valence-corrected chi connectivity index (χ3v) is 5.74. The standard InChI is InChI=1S/C21H21F3N4O4S.C2H6/c1-20(2)30-12-16(32-20)10-27-33(29)18-8-7-15(9-25-18)28-19-26-11-17(31-19)13-3-5-14(6-4-13)21(22,23)24;1-2/h3-9,11,16,27H,10,12H2,1-2H3,(H,26,28);1-2H3. The van der Waals surface area contributed by atoms with Crippen molar-refractivity contribution in [2.45, 2.75) is 50.8 Å². The lowest BCUT2D eigenvalue weighted by Gasteiger charge is -2.17. The molecule has 0 spiro atoms. The Morgan fingerprint density at radius 2 is 1.80 bits per heavy atom. The van der Waals surface area contributed by atoms with Gasteiger partial charge in [0.15, 0.2) is 11.5 Å². The Morgan fingerprint density at radius 3 is 2.37 bits per heavy atom. The van der Waals surface area contributed by atoms with Gasteiger partial charge in [0.1, 0.15) is 16.0 Å². The summed E-state index contributed by atoms with van der Waals surface area (Å²) in [5.74, 6) is -0.339. The van der Waals surface area contributed by atoms with E-state index in [1.807, 2.05) is 27.7 Å². The van der Waals surface area contributed by atoms with Crippen LogP contribution in [0.3, 0.4) is 0 Å².